The first kappa shape index (κ1) is 20.0. The van der Waals surface area contributed by atoms with Gasteiger partial charge in [-0.2, -0.15) is 0 Å². The topological polar surface area (TPSA) is 66.4 Å². The zero-order valence-electron chi connectivity index (χ0n) is 16.2. The number of ether oxygens (including phenoxy) is 2. The SMILES string of the molecule is COc1ccc(CN(C)C(=NCC(=O)N(C)C)NCC2CCCO2)cc1. The van der Waals surface area contributed by atoms with Crippen molar-refractivity contribution in [1.29, 1.82) is 0 Å². The quantitative estimate of drug-likeness (QED) is 0.586. The molecule has 1 aliphatic heterocycles. The van der Waals surface area contributed by atoms with E-state index >= 15 is 0 Å². The van der Waals surface area contributed by atoms with Crippen molar-refractivity contribution in [2.75, 3.05) is 47.9 Å². The van der Waals surface area contributed by atoms with Gasteiger partial charge >= 0.3 is 0 Å². The molecule has 7 heteroatoms. The Morgan fingerprint density at radius 2 is 2.04 bits per heavy atom. The molecule has 0 saturated carbocycles. The molecular weight excluding hydrogens is 332 g/mol. The molecule has 0 aliphatic carbocycles. The van der Waals surface area contributed by atoms with E-state index in [9.17, 15) is 4.79 Å². The lowest BCUT2D eigenvalue weighted by Gasteiger charge is -2.24. The van der Waals surface area contributed by atoms with Crippen LogP contribution in [-0.4, -0.2) is 75.7 Å². The Morgan fingerprint density at radius 3 is 2.62 bits per heavy atom. The molecule has 1 heterocycles. The maximum absolute atomic E-state index is 11.9. The van der Waals surface area contributed by atoms with E-state index in [0.717, 1.165) is 30.8 Å². The molecule has 7 nitrogen and oxygen atoms in total. The number of methoxy groups -OCH3 is 1. The molecule has 0 bridgehead atoms. The second kappa shape index (κ2) is 10.0. The highest BCUT2D eigenvalue weighted by molar-refractivity contribution is 5.84. The van der Waals surface area contributed by atoms with Crippen LogP contribution in [-0.2, 0) is 16.1 Å². The number of nitrogens with zero attached hydrogens (tertiary/aromatic N) is 3. The van der Waals surface area contributed by atoms with Crippen molar-refractivity contribution in [3.63, 3.8) is 0 Å². The van der Waals surface area contributed by atoms with Gasteiger partial charge in [-0.25, -0.2) is 4.99 Å². The summed E-state index contributed by atoms with van der Waals surface area (Å²) < 4.78 is 10.9. The molecule has 26 heavy (non-hydrogen) atoms. The van der Waals surface area contributed by atoms with Crippen molar-refractivity contribution in [2.45, 2.75) is 25.5 Å². The van der Waals surface area contributed by atoms with Crippen molar-refractivity contribution < 1.29 is 14.3 Å². The van der Waals surface area contributed by atoms with Gasteiger partial charge in [0.2, 0.25) is 5.91 Å². The van der Waals surface area contributed by atoms with Gasteiger partial charge in [0.25, 0.3) is 0 Å². The van der Waals surface area contributed by atoms with E-state index in [1.165, 1.54) is 0 Å². The third-order valence-corrected chi connectivity index (χ3v) is 4.32. The highest BCUT2D eigenvalue weighted by Gasteiger charge is 2.17. The molecule has 1 atom stereocenters. The predicted molar refractivity (Wildman–Crippen MR) is 102 cm³/mol. The highest BCUT2D eigenvalue weighted by Crippen LogP contribution is 2.13. The van der Waals surface area contributed by atoms with E-state index in [1.807, 2.05) is 36.2 Å². The maximum atomic E-state index is 11.9. The zero-order chi connectivity index (χ0) is 18.9. The number of hydrogen-bond acceptors (Lipinski definition) is 4. The summed E-state index contributed by atoms with van der Waals surface area (Å²) in [6.07, 6.45) is 2.36. The number of carbonyl (C=O) groups excluding carboxylic acids is 1. The number of nitrogens with one attached hydrogen (secondary N) is 1. The first-order valence-electron chi connectivity index (χ1n) is 8.93. The summed E-state index contributed by atoms with van der Waals surface area (Å²) in [4.78, 5) is 19.9. The molecule has 1 aliphatic rings. The number of aliphatic imine (C=N–C) groups is 1. The largest absolute Gasteiger partial charge is 0.497 e. The normalized spacial score (nSPS) is 17.1. The molecule has 1 saturated heterocycles. The van der Waals surface area contributed by atoms with Gasteiger partial charge in [-0.05, 0) is 30.5 Å². The van der Waals surface area contributed by atoms with Crippen LogP contribution in [0.3, 0.4) is 0 Å². The van der Waals surface area contributed by atoms with E-state index < -0.39 is 0 Å². The minimum absolute atomic E-state index is 0.0285. The Kier molecular flexibility index (Phi) is 7.72. The third kappa shape index (κ3) is 6.22. The van der Waals surface area contributed by atoms with Crippen LogP contribution in [0.1, 0.15) is 18.4 Å². The van der Waals surface area contributed by atoms with Crippen LogP contribution in [0.5, 0.6) is 5.75 Å². The van der Waals surface area contributed by atoms with Crippen LogP contribution < -0.4 is 10.1 Å². The second-order valence-electron chi connectivity index (χ2n) is 6.65. The summed E-state index contributed by atoms with van der Waals surface area (Å²) in [5.41, 5.74) is 1.14. The Hall–Kier alpha value is -2.28. The number of hydrogen-bond donors (Lipinski definition) is 1. The Morgan fingerprint density at radius 1 is 1.31 bits per heavy atom. The van der Waals surface area contributed by atoms with Crippen LogP contribution in [0.4, 0.5) is 0 Å². The number of carbonyl (C=O) groups is 1. The zero-order valence-corrected chi connectivity index (χ0v) is 16.2. The number of likely N-dealkylation sites (N-methyl/N-ethyl adjacent to an activating group) is 1. The molecule has 0 spiro atoms. The number of guanidine groups is 1. The van der Waals surface area contributed by atoms with Crippen molar-refractivity contribution in [3.05, 3.63) is 29.8 Å². The van der Waals surface area contributed by atoms with Crippen LogP contribution in [0, 0.1) is 0 Å². The standard InChI is InChI=1S/C19H30N4O3/c1-22(2)18(24)13-21-19(20-12-17-6-5-11-26-17)23(3)14-15-7-9-16(25-4)10-8-15/h7-10,17H,5-6,11-14H2,1-4H3,(H,20,21). The molecule has 1 aromatic carbocycles. The van der Waals surface area contributed by atoms with E-state index in [4.69, 9.17) is 9.47 Å². The molecule has 2 rings (SSSR count). The molecular formula is C19H30N4O3. The van der Waals surface area contributed by atoms with E-state index in [-0.39, 0.29) is 18.6 Å². The van der Waals surface area contributed by atoms with Crippen LogP contribution >= 0.6 is 0 Å². The van der Waals surface area contributed by atoms with Crippen molar-refractivity contribution >= 4 is 11.9 Å². The summed E-state index contributed by atoms with van der Waals surface area (Å²) in [5, 5.41) is 3.35. The second-order valence-corrected chi connectivity index (χ2v) is 6.65. The first-order valence-corrected chi connectivity index (χ1v) is 8.93. The van der Waals surface area contributed by atoms with Crippen LogP contribution in [0.2, 0.25) is 0 Å². The lowest BCUT2D eigenvalue weighted by atomic mass is 10.2. The van der Waals surface area contributed by atoms with Gasteiger partial charge in [0, 0.05) is 40.8 Å². The summed E-state index contributed by atoms with van der Waals surface area (Å²) in [6, 6.07) is 7.93. The lowest BCUT2D eigenvalue weighted by molar-refractivity contribution is -0.127. The molecule has 0 radical (unpaired) electrons. The average Bonchev–Trinajstić information content (AvgIpc) is 3.15. The van der Waals surface area contributed by atoms with Gasteiger partial charge in [0.05, 0.1) is 13.2 Å². The van der Waals surface area contributed by atoms with Crippen molar-refractivity contribution in [2.24, 2.45) is 4.99 Å². The highest BCUT2D eigenvalue weighted by atomic mass is 16.5. The summed E-state index contributed by atoms with van der Waals surface area (Å²) in [7, 11) is 7.09. The van der Waals surface area contributed by atoms with Gasteiger partial charge in [-0.1, -0.05) is 12.1 Å². The molecule has 144 valence electrons. The average molecular weight is 362 g/mol. The lowest BCUT2D eigenvalue weighted by Crippen LogP contribution is -2.42. The summed E-state index contributed by atoms with van der Waals surface area (Å²) in [6.45, 7) is 2.31. The van der Waals surface area contributed by atoms with Crippen molar-refractivity contribution in [3.8, 4) is 5.75 Å². The number of rotatable bonds is 7. The Labute approximate surface area is 156 Å². The van der Waals surface area contributed by atoms with Gasteiger partial charge in [-0.3, -0.25) is 4.79 Å². The summed E-state index contributed by atoms with van der Waals surface area (Å²) >= 11 is 0. The van der Waals surface area contributed by atoms with Gasteiger partial charge in [0.15, 0.2) is 5.96 Å². The van der Waals surface area contributed by atoms with Crippen LogP contribution in [0.25, 0.3) is 0 Å². The fraction of sp³-hybridized carbons (Fsp3) is 0.579. The minimum Gasteiger partial charge on any atom is -0.497 e. The monoisotopic (exact) mass is 362 g/mol. The Bertz CT molecular complexity index is 595. The number of benzene rings is 1. The maximum Gasteiger partial charge on any atom is 0.243 e. The third-order valence-electron chi connectivity index (χ3n) is 4.32. The minimum atomic E-state index is -0.0285. The number of amides is 1. The molecule has 1 aromatic rings. The summed E-state index contributed by atoms with van der Waals surface area (Å²) in [5.74, 6) is 1.50. The van der Waals surface area contributed by atoms with Crippen LogP contribution in [0.15, 0.2) is 29.3 Å². The van der Waals surface area contributed by atoms with E-state index in [2.05, 4.69) is 10.3 Å². The Balaban J connectivity index is 2.01. The molecule has 1 fully saturated rings. The van der Waals surface area contributed by atoms with Gasteiger partial charge < -0.3 is 24.6 Å². The van der Waals surface area contributed by atoms with Gasteiger partial charge in [-0.15, -0.1) is 0 Å². The van der Waals surface area contributed by atoms with Gasteiger partial charge in [0.1, 0.15) is 12.3 Å². The molecule has 1 unspecified atom stereocenters. The fourth-order valence-corrected chi connectivity index (χ4v) is 2.69. The predicted octanol–water partition coefficient (Wildman–Crippen LogP) is 1.34. The fourth-order valence-electron chi connectivity index (χ4n) is 2.69. The van der Waals surface area contributed by atoms with E-state index in [0.29, 0.717) is 19.0 Å². The molecule has 1 N–H and O–H groups in total. The molecule has 1 amide bonds. The smallest absolute Gasteiger partial charge is 0.243 e. The molecule has 0 aromatic heterocycles. The van der Waals surface area contributed by atoms with Crippen molar-refractivity contribution in [1.82, 2.24) is 15.1 Å². The van der Waals surface area contributed by atoms with E-state index in [1.54, 1.807) is 26.1 Å². The first-order chi connectivity index (χ1) is 12.5.